The number of carbonyl (C=O) groups is 1. The fourth-order valence-electron chi connectivity index (χ4n) is 1.70. The van der Waals surface area contributed by atoms with Crippen LogP contribution in [0, 0.1) is 0 Å². The van der Waals surface area contributed by atoms with Gasteiger partial charge >= 0.3 is 0 Å². The van der Waals surface area contributed by atoms with Gasteiger partial charge in [-0.1, -0.05) is 25.5 Å². The summed E-state index contributed by atoms with van der Waals surface area (Å²) in [5, 5.41) is 5.84. The number of aliphatic imine (C=N–C) groups is 1. The average Bonchev–Trinajstić information content (AvgIpc) is 2.46. The van der Waals surface area contributed by atoms with Gasteiger partial charge in [0.15, 0.2) is 5.96 Å². The average molecular weight is 276 g/mol. The van der Waals surface area contributed by atoms with Crippen molar-refractivity contribution < 1.29 is 4.79 Å². The van der Waals surface area contributed by atoms with E-state index in [-0.39, 0.29) is 5.91 Å². The highest BCUT2D eigenvalue weighted by molar-refractivity contribution is 5.94. The van der Waals surface area contributed by atoms with Crippen LogP contribution in [0.15, 0.2) is 29.3 Å². The summed E-state index contributed by atoms with van der Waals surface area (Å²) in [5.41, 5.74) is 7.38. The van der Waals surface area contributed by atoms with Crippen LogP contribution in [0.25, 0.3) is 0 Å². The molecule has 0 aliphatic rings. The van der Waals surface area contributed by atoms with Crippen molar-refractivity contribution in [3.8, 4) is 0 Å². The lowest BCUT2D eigenvalue weighted by atomic mass is 10.1. The summed E-state index contributed by atoms with van der Waals surface area (Å²) in [6, 6.07) is 7.43. The Bertz CT molecular complexity index is 457. The van der Waals surface area contributed by atoms with E-state index in [1.807, 2.05) is 25.1 Å². The molecule has 0 bridgehead atoms. The van der Waals surface area contributed by atoms with Gasteiger partial charge in [0.25, 0.3) is 5.91 Å². The van der Waals surface area contributed by atoms with E-state index in [1.165, 1.54) is 0 Å². The van der Waals surface area contributed by atoms with Crippen LogP contribution in [-0.4, -0.2) is 25.0 Å². The van der Waals surface area contributed by atoms with Crippen molar-refractivity contribution in [2.24, 2.45) is 10.7 Å². The first kappa shape index (κ1) is 16.0. The molecule has 0 heterocycles. The lowest BCUT2D eigenvalue weighted by Crippen LogP contribution is -2.32. The van der Waals surface area contributed by atoms with Crippen LogP contribution in [-0.2, 0) is 6.54 Å². The van der Waals surface area contributed by atoms with Gasteiger partial charge in [-0.2, -0.15) is 0 Å². The molecule has 0 radical (unpaired) electrons. The molecule has 5 heteroatoms. The molecule has 1 rings (SSSR count). The largest absolute Gasteiger partial charge is 0.370 e. The normalized spacial score (nSPS) is 11.2. The number of nitrogens with two attached hydrogens (primary N) is 1. The lowest BCUT2D eigenvalue weighted by Gasteiger charge is -2.06. The van der Waals surface area contributed by atoms with E-state index in [2.05, 4.69) is 22.5 Å². The molecule has 1 aromatic rings. The van der Waals surface area contributed by atoms with Crippen LogP contribution in [0.1, 0.15) is 42.6 Å². The molecular weight excluding hydrogens is 252 g/mol. The molecule has 0 fully saturated rings. The summed E-state index contributed by atoms with van der Waals surface area (Å²) >= 11 is 0. The number of amides is 1. The highest BCUT2D eigenvalue weighted by atomic mass is 16.1. The smallest absolute Gasteiger partial charge is 0.251 e. The standard InChI is InChI=1S/C15H24N4O/c1-3-5-9-18-15(16)19-11-12-7-6-8-13(10-12)14(20)17-4-2/h6-8,10H,3-5,9,11H2,1-2H3,(H,17,20)(H3,16,18,19). The van der Waals surface area contributed by atoms with E-state index >= 15 is 0 Å². The van der Waals surface area contributed by atoms with E-state index < -0.39 is 0 Å². The zero-order valence-electron chi connectivity index (χ0n) is 12.3. The minimum absolute atomic E-state index is 0.0626. The lowest BCUT2D eigenvalue weighted by molar-refractivity contribution is 0.0955. The Balaban J connectivity index is 2.57. The van der Waals surface area contributed by atoms with Crippen molar-refractivity contribution >= 4 is 11.9 Å². The zero-order chi connectivity index (χ0) is 14.8. The van der Waals surface area contributed by atoms with Gasteiger partial charge in [0.2, 0.25) is 0 Å². The molecule has 110 valence electrons. The monoisotopic (exact) mass is 276 g/mol. The SMILES string of the molecule is CCCCNC(N)=NCc1cccc(C(=O)NCC)c1. The second kappa shape index (κ2) is 8.96. The van der Waals surface area contributed by atoms with Crippen LogP contribution in [0.5, 0.6) is 0 Å². The van der Waals surface area contributed by atoms with Crippen LogP contribution < -0.4 is 16.4 Å². The molecule has 5 nitrogen and oxygen atoms in total. The highest BCUT2D eigenvalue weighted by Gasteiger charge is 2.04. The van der Waals surface area contributed by atoms with E-state index in [4.69, 9.17) is 5.73 Å². The minimum atomic E-state index is -0.0626. The third-order valence-electron chi connectivity index (χ3n) is 2.79. The predicted octanol–water partition coefficient (Wildman–Crippen LogP) is 1.64. The second-order valence-electron chi connectivity index (χ2n) is 4.54. The first-order chi connectivity index (χ1) is 9.67. The number of nitrogens with one attached hydrogen (secondary N) is 2. The molecule has 4 N–H and O–H groups in total. The van der Waals surface area contributed by atoms with Crippen molar-refractivity contribution in [1.29, 1.82) is 0 Å². The number of unbranched alkanes of at least 4 members (excludes halogenated alkanes) is 1. The summed E-state index contributed by atoms with van der Waals surface area (Å²) < 4.78 is 0. The Morgan fingerprint density at radius 2 is 2.10 bits per heavy atom. The third kappa shape index (κ3) is 5.73. The predicted molar refractivity (Wildman–Crippen MR) is 82.7 cm³/mol. The number of rotatable bonds is 7. The van der Waals surface area contributed by atoms with Crippen molar-refractivity contribution in [1.82, 2.24) is 10.6 Å². The van der Waals surface area contributed by atoms with Gasteiger partial charge in [0, 0.05) is 18.7 Å². The van der Waals surface area contributed by atoms with Crippen molar-refractivity contribution in [3.63, 3.8) is 0 Å². The Morgan fingerprint density at radius 3 is 2.80 bits per heavy atom. The summed E-state index contributed by atoms with van der Waals surface area (Å²) in [5.74, 6) is 0.384. The molecule has 1 aromatic carbocycles. The molecule has 0 aliphatic heterocycles. The maximum atomic E-state index is 11.7. The first-order valence-corrected chi connectivity index (χ1v) is 7.08. The molecule has 0 spiro atoms. The van der Waals surface area contributed by atoms with Crippen LogP contribution in [0.4, 0.5) is 0 Å². The number of nitrogens with zero attached hydrogens (tertiary/aromatic N) is 1. The third-order valence-corrected chi connectivity index (χ3v) is 2.79. The van der Waals surface area contributed by atoms with Gasteiger partial charge in [-0.3, -0.25) is 4.79 Å². The van der Waals surface area contributed by atoms with Gasteiger partial charge in [-0.05, 0) is 31.0 Å². The Morgan fingerprint density at radius 1 is 1.30 bits per heavy atom. The summed E-state index contributed by atoms with van der Waals surface area (Å²) in [4.78, 5) is 16.0. The van der Waals surface area contributed by atoms with Gasteiger partial charge in [0.05, 0.1) is 6.54 Å². The molecule has 0 aliphatic carbocycles. The second-order valence-corrected chi connectivity index (χ2v) is 4.54. The van der Waals surface area contributed by atoms with E-state index in [1.54, 1.807) is 6.07 Å². The van der Waals surface area contributed by atoms with Gasteiger partial charge < -0.3 is 16.4 Å². The number of benzene rings is 1. The fourth-order valence-corrected chi connectivity index (χ4v) is 1.70. The molecule has 0 atom stereocenters. The van der Waals surface area contributed by atoms with Crippen LogP contribution >= 0.6 is 0 Å². The fraction of sp³-hybridized carbons (Fsp3) is 0.467. The van der Waals surface area contributed by atoms with Crippen LogP contribution in [0.3, 0.4) is 0 Å². The van der Waals surface area contributed by atoms with Gasteiger partial charge in [0.1, 0.15) is 0 Å². The first-order valence-electron chi connectivity index (χ1n) is 7.08. The molecule has 20 heavy (non-hydrogen) atoms. The van der Waals surface area contributed by atoms with E-state index in [0.717, 1.165) is 24.9 Å². The number of guanidine groups is 1. The molecule has 1 amide bonds. The van der Waals surface area contributed by atoms with Crippen LogP contribution in [0.2, 0.25) is 0 Å². The quantitative estimate of drug-likeness (QED) is 0.402. The topological polar surface area (TPSA) is 79.5 Å². The van der Waals surface area contributed by atoms with E-state index in [0.29, 0.717) is 24.6 Å². The number of hydrogen-bond acceptors (Lipinski definition) is 2. The van der Waals surface area contributed by atoms with Crippen molar-refractivity contribution in [3.05, 3.63) is 35.4 Å². The summed E-state index contributed by atoms with van der Waals surface area (Å²) in [7, 11) is 0. The summed E-state index contributed by atoms with van der Waals surface area (Å²) in [6.45, 7) is 5.95. The molecule has 0 aromatic heterocycles. The van der Waals surface area contributed by atoms with Gasteiger partial charge in [-0.15, -0.1) is 0 Å². The Kier molecular flexibility index (Phi) is 7.17. The summed E-state index contributed by atoms with van der Waals surface area (Å²) in [6.07, 6.45) is 2.19. The van der Waals surface area contributed by atoms with Gasteiger partial charge in [-0.25, -0.2) is 4.99 Å². The minimum Gasteiger partial charge on any atom is -0.370 e. The maximum absolute atomic E-state index is 11.7. The Labute approximate surface area is 120 Å². The molecule has 0 saturated carbocycles. The molecule has 0 saturated heterocycles. The zero-order valence-corrected chi connectivity index (χ0v) is 12.3. The number of hydrogen-bond donors (Lipinski definition) is 3. The van der Waals surface area contributed by atoms with Crippen molar-refractivity contribution in [2.75, 3.05) is 13.1 Å². The number of carbonyl (C=O) groups excluding carboxylic acids is 1. The van der Waals surface area contributed by atoms with E-state index in [9.17, 15) is 4.79 Å². The Hall–Kier alpha value is -2.04. The maximum Gasteiger partial charge on any atom is 0.251 e. The van der Waals surface area contributed by atoms with Crippen molar-refractivity contribution in [2.45, 2.75) is 33.2 Å². The molecular formula is C15H24N4O. The highest BCUT2D eigenvalue weighted by Crippen LogP contribution is 2.06. The molecule has 0 unspecified atom stereocenters.